The van der Waals surface area contributed by atoms with Gasteiger partial charge in [-0.1, -0.05) is 6.07 Å². The van der Waals surface area contributed by atoms with E-state index in [9.17, 15) is 4.39 Å². The van der Waals surface area contributed by atoms with E-state index in [4.69, 9.17) is 17.0 Å². The van der Waals surface area contributed by atoms with Gasteiger partial charge in [-0.25, -0.2) is 4.39 Å². The fraction of sp³-hybridized carbons (Fsp3) is 0.133. The van der Waals surface area contributed by atoms with Gasteiger partial charge >= 0.3 is 0 Å². The molecule has 3 nitrogen and oxygen atoms in total. The van der Waals surface area contributed by atoms with Gasteiger partial charge in [0.25, 0.3) is 0 Å². The summed E-state index contributed by atoms with van der Waals surface area (Å²) in [7, 11) is 1.60. The zero-order valence-electron chi connectivity index (χ0n) is 11.1. The number of aromatic amines is 1. The second-order valence-electron chi connectivity index (χ2n) is 4.60. The molecular weight excluding hydrogens is 275 g/mol. The molecule has 0 amide bonds. The summed E-state index contributed by atoms with van der Waals surface area (Å²) in [5, 5.41) is 0. The number of rotatable bonds is 2. The number of aromatic nitrogens is 2. The first-order chi connectivity index (χ1) is 9.60. The van der Waals surface area contributed by atoms with E-state index >= 15 is 0 Å². The average Bonchev–Trinajstić information content (AvgIpc) is 2.76. The Balaban J connectivity index is 2.37. The van der Waals surface area contributed by atoms with Gasteiger partial charge in [-0.15, -0.1) is 0 Å². The average molecular weight is 288 g/mol. The van der Waals surface area contributed by atoms with Crippen LogP contribution in [0.3, 0.4) is 0 Å². The Morgan fingerprint density at radius 1 is 1.20 bits per heavy atom. The maximum Gasteiger partial charge on any atom is 0.182 e. The summed E-state index contributed by atoms with van der Waals surface area (Å²) < 4.78 is 21.5. The monoisotopic (exact) mass is 288 g/mol. The number of benzene rings is 2. The lowest BCUT2D eigenvalue weighted by Crippen LogP contribution is -1.98. The van der Waals surface area contributed by atoms with Crippen LogP contribution in [0.25, 0.3) is 16.7 Å². The molecule has 0 saturated carbocycles. The molecule has 3 aromatic rings. The molecule has 0 aliphatic rings. The van der Waals surface area contributed by atoms with Crippen LogP contribution in [0.4, 0.5) is 4.39 Å². The molecule has 0 aliphatic heterocycles. The number of methoxy groups -OCH3 is 1. The molecule has 0 atom stereocenters. The van der Waals surface area contributed by atoms with E-state index in [1.165, 1.54) is 6.07 Å². The van der Waals surface area contributed by atoms with Crippen molar-refractivity contribution >= 4 is 23.3 Å². The third kappa shape index (κ3) is 2.00. The molecule has 1 aromatic heterocycles. The second kappa shape index (κ2) is 4.76. The van der Waals surface area contributed by atoms with Crippen molar-refractivity contribution in [1.82, 2.24) is 9.55 Å². The molecule has 0 radical (unpaired) electrons. The largest absolute Gasteiger partial charge is 0.497 e. The second-order valence-corrected chi connectivity index (χ2v) is 4.99. The predicted octanol–water partition coefficient (Wildman–Crippen LogP) is 4.14. The Labute approximate surface area is 120 Å². The summed E-state index contributed by atoms with van der Waals surface area (Å²) in [5.41, 5.74) is 3.05. The van der Waals surface area contributed by atoms with E-state index in [1.807, 2.05) is 25.1 Å². The van der Waals surface area contributed by atoms with Gasteiger partial charge in [0, 0.05) is 6.07 Å². The molecule has 2 aromatic carbocycles. The standard InChI is InChI=1S/C15H13FN2OS/c1-9-3-5-11(16)13(7-9)18-14-8-10(19-2)4-6-12(14)17-15(18)20/h3-8H,1-2H3,(H,17,20). The van der Waals surface area contributed by atoms with Crippen molar-refractivity contribution in [3.05, 3.63) is 52.5 Å². The summed E-state index contributed by atoms with van der Waals surface area (Å²) in [6.07, 6.45) is 0. The molecule has 5 heteroatoms. The van der Waals surface area contributed by atoms with E-state index in [2.05, 4.69) is 4.98 Å². The number of aryl methyl sites for hydroxylation is 1. The van der Waals surface area contributed by atoms with Gasteiger partial charge in [0.1, 0.15) is 11.6 Å². The van der Waals surface area contributed by atoms with Crippen LogP contribution in [0.1, 0.15) is 5.56 Å². The Kier molecular flexibility index (Phi) is 3.06. The maximum atomic E-state index is 14.1. The van der Waals surface area contributed by atoms with Crippen molar-refractivity contribution in [2.45, 2.75) is 6.92 Å². The highest BCUT2D eigenvalue weighted by Gasteiger charge is 2.11. The molecule has 0 fully saturated rings. The number of hydrogen-bond acceptors (Lipinski definition) is 2. The molecular formula is C15H13FN2OS. The van der Waals surface area contributed by atoms with E-state index in [1.54, 1.807) is 23.8 Å². The first-order valence-corrected chi connectivity index (χ1v) is 6.56. The Morgan fingerprint density at radius 2 is 2.00 bits per heavy atom. The molecule has 0 saturated heterocycles. The van der Waals surface area contributed by atoms with Gasteiger partial charge in [0.15, 0.2) is 4.77 Å². The third-order valence-electron chi connectivity index (χ3n) is 3.23. The van der Waals surface area contributed by atoms with Crippen molar-refractivity contribution in [1.29, 1.82) is 0 Å². The highest BCUT2D eigenvalue weighted by atomic mass is 32.1. The topological polar surface area (TPSA) is 29.9 Å². The smallest absolute Gasteiger partial charge is 0.182 e. The molecule has 0 bridgehead atoms. The summed E-state index contributed by atoms with van der Waals surface area (Å²) in [4.78, 5) is 3.08. The van der Waals surface area contributed by atoms with Crippen LogP contribution in [0.5, 0.6) is 5.75 Å². The van der Waals surface area contributed by atoms with Crippen LogP contribution in [-0.2, 0) is 0 Å². The minimum atomic E-state index is -0.310. The van der Waals surface area contributed by atoms with E-state index < -0.39 is 0 Å². The Hall–Kier alpha value is -2.14. The number of ether oxygens (including phenoxy) is 1. The van der Waals surface area contributed by atoms with Gasteiger partial charge in [-0.3, -0.25) is 4.57 Å². The van der Waals surface area contributed by atoms with Crippen LogP contribution in [0, 0.1) is 17.5 Å². The lowest BCUT2D eigenvalue weighted by molar-refractivity contribution is 0.415. The van der Waals surface area contributed by atoms with Gasteiger partial charge in [-0.2, -0.15) is 0 Å². The molecule has 20 heavy (non-hydrogen) atoms. The Morgan fingerprint density at radius 3 is 2.75 bits per heavy atom. The number of nitrogens with zero attached hydrogens (tertiary/aromatic N) is 1. The van der Waals surface area contributed by atoms with Gasteiger partial charge in [0.05, 0.1) is 23.8 Å². The number of imidazole rings is 1. The van der Waals surface area contributed by atoms with Crippen LogP contribution in [0.2, 0.25) is 0 Å². The molecule has 0 aliphatic carbocycles. The number of halogens is 1. The maximum absolute atomic E-state index is 14.1. The highest BCUT2D eigenvalue weighted by Crippen LogP contribution is 2.25. The van der Waals surface area contributed by atoms with Crippen molar-refractivity contribution in [2.24, 2.45) is 0 Å². The van der Waals surface area contributed by atoms with Crippen molar-refractivity contribution in [2.75, 3.05) is 7.11 Å². The molecule has 0 spiro atoms. The van der Waals surface area contributed by atoms with Crippen LogP contribution >= 0.6 is 12.2 Å². The zero-order chi connectivity index (χ0) is 14.3. The minimum absolute atomic E-state index is 0.310. The summed E-state index contributed by atoms with van der Waals surface area (Å²) >= 11 is 5.32. The number of hydrogen-bond donors (Lipinski definition) is 1. The number of nitrogens with one attached hydrogen (secondary N) is 1. The van der Waals surface area contributed by atoms with E-state index in [0.717, 1.165) is 16.6 Å². The number of H-pyrrole nitrogens is 1. The van der Waals surface area contributed by atoms with Gasteiger partial charge in [0.2, 0.25) is 0 Å². The lowest BCUT2D eigenvalue weighted by Gasteiger charge is -2.08. The van der Waals surface area contributed by atoms with Gasteiger partial charge in [-0.05, 0) is 49.0 Å². The predicted molar refractivity (Wildman–Crippen MR) is 79.7 cm³/mol. The van der Waals surface area contributed by atoms with Gasteiger partial charge < -0.3 is 9.72 Å². The first kappa shape index (κ1) is 12.9. The summed E-state index contributed by atoms with van der Waals surface area (Å²) in [6.45, 7) is 1.92. The molecule has 1 N–H and O–H groups in total. The fourth-order valence-corrected chi connectivity index (χ4v) is 2.55. The minimum Gasteiger partial charge on any atom is -0.497 e. The van der Waals surface area contributed by atoms with Crippen molar-refractivity contribution < 1.29 is 9.13 Å². The lowest BCUT2D eigenvalue weighted by atomic mass is 10.2. The SMILES string of the molecule is COc1ccc2[nH]c(=S)n(-c3cc(C)ccc3F)c2c1. The highest BCUT2D eigenvalue weighted by molar-refractivity contribution is 7.71. The quantitative estimate of drug-likeness (QED) is 0.718. The van der Waals surface area contributed by atoms with E-state index in [-0.39, 0.29) is 5.82 Å². The summed E-state index contributed by atoms with van der Waals surface area (Å²) in [6, 6.07) is 10.5. The van der Waals surface area contributed by atoms with Crippen molar-refractivity contribution in [3.8, 4) is 11.4 Å². The molecule has 1 heterocycles. The zero-order valence-corrected chi connectivity index (χ0v) is 11.9. The van der Waals surface area contributed by atoms with Crippen LogP contribution < -0.4 is 4.74 Å². The summed E-state index contributed by atoms with van der Waals surface area (Å²) in [5.74, 6) is 0.392. The Bertz CT molecular complexity index is 851. The molecule has 102 valence electrons. The normalized spacial score (nSPS) is 10.9. The number of fused-ring (bicyclic) bond motifs is 1. The third-order valence-corrected chi connectivity index (χ3v) is 3.52. The van der Waals surface area contributed by atoms with Crippen LogP contribution in [-0.4, -0.2) is 16.7 Å². The first-order valence-electron chi connectivity index (χ1n) is 6.15. The molecule has 0 unspecified atom stereocenters. The fourth-order valence-electron chi connectivity index (χ4n) is 2.24. The van der Waals surface area contributed by atoms with Crippen molar-refractivity contribution in [3.63, 3.8) is 0 Å². The van der Waals surface area contributed by atoms with E-state index in [0.29, 0.717) is 16.2 Å². The molecule has 3 rings (SSSR count). The van der Waals surface area contributed by atoms with Crippen LogP contribution in [0.15, 0.2) is 36.4 Å².